The monoisotopic (exact) mass is 328 g/mol. The summed E-state index contributed by atoms with van der Waals surface area (Å²) in [6, 6.07) is 11.0. The maximum absolute atomic E-state index is 11.2. The second-order valence-electron chi connectivity index (χ2n) is 4.98. The molecular weight excluding hydrogens is 308 g/mol. The molecule has 2 rings (SSSR count). The zero-order valence-electron chi connectivity index (χ0n) is 14.2. The summed E-state index contributed by atoms with van der Waals surface area (Å²) in [7, 11) is 4.74. The smallest absolute Gasteiger partial charge is 0.308 e. The summed E-state index contributed by atoms with van der Waals surface area (Å²) >= 11 is 0. The minimum Gasteiger partial charge on any atom is -0.497 e. The van der Waals surface area contributed by atoms with E-state index in [1.807, 2.05) is 36.4 Å². The highest BCUT2D eigenvalue weighted by Crippen LogP contribution is 2.29. The van der Waals surface area contributed by atoms with Crippen LogP contribution < -0.4 is 18.9 Å². The molecule has 5 nitrogen and oxygen atoms in total. The van der Waals surface area contributed by atoms with Gasteiger partial charge in [0.1, 0.15) is 11.5 Å². The van der Waals surface area contributed by atoms with Crippen molar-refractivity contribution in [2.24, 2.45) is 0 Å². The van der Waals surface area contributed by atoms with Gasteiger partial charge in [-0.1, -0.05) is 18.2 Å². The fourth-order valence-electron chi connectivity index (χ4n) is 2.15. The second-order valence-corrected chi connectivity index (χ2v) is 4.98. The SMILES string of the molecule is COc1cc(/C=C/c2ccc(OC)c(OC(C)=O)c2)cc(OC)c1. The molecule has 0 N–H and O–H groups in total. The minimum atomic E-state index is -0.396. The predicted molar refractivity (Wildman–Crippen MR) is 92.8 cm³/mol. The summed E-state index contributed by atoms with van der Waals surface area (Å²) in [5.74, 6) is 1.92. The van der Waals surface area contributed by atoms with Gasteiger partial charge in [0.2, 0.25) is 0 Å². The lowest BCUT2D eigenvalue weighted by molar-refractivity contribution is -0.132. The zero-order chi connectivity index (χ0) is 17.5. The average Bonchev–Trinajstić information content (AvgIpc) is 2.59. The zero-order valence-corrected chi connectivity index (χ0v) is 14.2. The molecule has 0 amide bonds. The Morgan fingerprint density at radius 3 is 1.96 bits per heavy atom. The first-order valence-electron chi connectivity index (χ1n) is 7.33. The first-order valence-corrected chi connectivity index (χ1v) is 7.33. The van der Waals surface area contributed by atoms with Crippen molar-refractivity contribution in [3.8, 4) is 23.0 Å². The van der Waals surface area contributed by atoms with Crippen LogP contribution in [-0.4, -0.2) is 27.3 Å². The van der Waals surface area contributed by atoms with Crippen LogP contribution >= 0.6 is 0 Å². The van der Waals surface area contributed by atoms with Gasteiger partial charge in [-0.2, -0.15) is 0 Å². The van der Waals surface area contributed by atoms with Crippen molar-refractivity contribution in [3.63, 3.8) is 0 Å². The van der Waals surface area contributed by atoms with Crippen LogP contribution in [0.5, 0.6) is 23.0 Å². The molecule has 0 fully saturated rings. The molecule has 0 spiro atoms. The van der Waals surface area contributed by atoms with Crippen molar-refractivity contribution in [2.45, 2.75) is 6.92 Å². The Bertz CT molecular complexity index is 727. The maximum atomic E-state index is 11.2. The van der Waals surface area contributed by atoms with Crippen LogP contribution in [0.4, 0.5) is 0 Å². The molecule has 0 atom stereocenters. The van der Waals surface area contributed by atoms with Crippen LogP contribution in [0.25, 0.3) is 12.2 Å². The second kappa shape index (κ2) is 8.06. The Morgan fingerprint density at radius 2 is 1.42 bits per heavy atom. The Morgan fingerprint density at radius 1 is 0.792 bits per heavy atom. The first-order chi connectivity index (χ1) is 11.5. The van der Waals surface area contributed by atoms with Gasteiger partial charge in [0.25, 0.3) is 0 Å². The van der Waals surface area contributed by atoms with Gasteiger partial charge in [-0.15, -0.1) is 0 Å². The van der Waals surface area contributed by atoms with Crippen molar-refractivity contribution >= 4 is 18.1 Å². The molecule has 0 bridgehead atoms. The number of esters is 1. The van der Waals surface area contributed by atoms with E-state index in [0.29, 0.717) is 23.0 Å². The third-order valence-corrected chi connectivity index (χ3v) is 3.28. The summed E-state index contributed by atoms with van der Waals surface area (Å²) < 4.78 is 20.9. The molecule has 2 aromatic carbocycles. The van der Waals surface area contributed by atoms with E-state index in [-0.39, 0.29) is 0 Å². The Kier molecular flexibility index (Phi) is 5.84. The lowest BCUT2D eigenvalue weighted by atomic mass is 10.1. The van der Waals surface area contributed by atoms with Gasteiger partial charge in [-0.05, 0) is 35.4 Å². The third kappa shape index (κ3) is 4.52. The van der Waals surface area contributed by atoms with Crippen LogP contribution in [-0.2, 0) is 4.79 Å². The molecule has 0 heterocycles. The van der Waals surface area contributed by atoms with E-state index in [0.717, 1.165) is 11.1 Å². The molecule has 5 heteroatoms. The largest absolute Gasteiger partial charge is 0.497 e. The van der Waals surface area contributed by atoms with E-state index in [4.69, 9.17) is 18.9 Å². The van der Waals surface area contributed by atoms with Crippen molar-refractivity contribution in [1.29, 1.82) is 0 Å². The number of carbonyl (C=O) groups excluding carboxylic acids is 1. The maximum Gasteiger partial charge on any atom is 0.308 e. The summed E-state index contributed by atoms with van der Waals surface area (Å²) in [5.41, 5.74) is 1.80. The van der Waals surface area contributed by atoms with Crippen molar-refractivity contribution in [2.75, 3.05) is 21.3 Å². The van der Waals surface area contributed by atoms with Gasteiger partial charge in [0.05, 0.1) is 21.3 Å². The van der Waals surface area contributed by atoms with Gasteiger partial charge >= 0.3 is 5.97 Å². The molecule has 0 aromatic heterocycles. The summed E-state index contributed by atoms with van der Waals surface area (Å²) in [6.45, 7) is 1.35. The number of hydrogen-bond donors (Lipinski definition) is 0. The van der Waals surface area contributed by atoms with Gasteiger partial charge in [0, 0.05) is 13.0 Å². The number of rotatable bonds is 6. The number of ether oxygens (including phenoxy) is 4. The highest BCUT2D eigenvalue weighted by atomic mass is 16.6. The molecule has 0 unspecified atom stereocenters. The van der Waals surface area contributed by atoms with Gasteiger partial charge in [-0.3, -0.25) is 4.79 Å². The molecule has 0 aliphatic heterocycles. The van der Waals surface area contributed by atoms with Crippen LogP contribution in [0.1, 0.15) is 18.1 Å². The number of benzene rings is 2. The molecule has 2 aromatic rings. The van der Waals surface area contributed by atoms with E-state index in [2.05, 4.69) is 0 Å². The van der Waals surface area contributed by atoms with E-state index < -0.39 is 5.97 Å². The Balaban J connectivity index is 2.30. The number of hydrogen-bond acceptors (Lipinski definition) is 5. The standard InChI is InChI=1S/C19H20O5/c1-13(20)24-19-11-14(7-8-18(19)23-4)5-6-15-9-16(21-2)12-17(10-15)22-3/h5-12H,1-4H3/b6-5+. The summed E-state index contributed by atoms with van der Waals surface area (Å²) in [6.07, 6.45) is 3.82. The van der Waals surface area contributed by atoms with Crippen molar-refractivity contribution in [3.05, 3.63) is 47.5 Å². The summed E-state index contributed by atoms with van der Waals surface area (Å²) in [4.78, 5) is 11.2. The third-order valence-electron chi connectivity index (χ3n) is 3.28. The normalized spacial score (nSPS) is 10.5. The number of methoxy groups -OCH3 is 3. The molecule has 24 heavy (non-hydrogen) atoms. The predicted octanol–water partition coefficient (Wildman–Crippen LogP) is 3.81. The lowest BCUT2D eigenvalue weighted by Crippen LogP contribution is -2.03. The Labute approximate surface area is 141 Å². The lowest BCUT2D eigenvalue weighted by Gasteiger charge is -2.08. The first kappa shape index (κ1) is 17.4. The van der Waals surface area contributed by atoms with Gasteiger partial charge in [0.15, 0.2) is 11.5 Å². The minimum absolute atomic E-state index is 0.385. The molecule has 0 saturated heterocycles. The molecule has 0 aliphatic rings. The average molecular weight is 328 g/mol. The highest BCUT2D eigenvalue weighted by molar-refractivity contribution is 5.74. The molecule has 0 saturated carbocycles. The molecular formula is C19H20O5. The van der Waals surface area contributed by atoms with Gasteiger partial charge < -0.3 is 18.9 Å². The van der Waals surface area contributed by atoms with Crippen molar-refractivity contribution in [1.82, 2.24) is 0 Å². The molecule has 0 aliphatic carbocycles. The van der Waals surface area contributed by atoms with E-state index >= 15 is 0 Å². The van der Waals surface area contributed by atoms with Crippen LogP contribution in [0.3, 0.4) is 0 Å². The van der Waals surface area contributed by atoms with Crippen LogP contribution in [0, 0.1) is 0 Å². The van der Waals surface area contributed by atoms with E-state index in [1.165, 1.54) is 14.0 Å². The fraction of sp³-hybridized carbons (Fsp3) is 0.211. The van der Waals surface area contributed by atoms with E-state index in [1.54, 1.807) is 26.4 Å². The highest BCUT2D eigenvalue weighted by Gasteiger charge is 2.07. The number of carbonyl (C=O) groups is 1. The molecule has 0 radical (unpaired) electrons. The van der Waals surface area contributed by atoms with E-state index in [9.17, 15) is 4.79 Å². The topological polar surface area (TPSA) is 54.0 Å². The van der Waals surface area contributed by atoms with Crippen molar-refractivity contribution < 1.29 is 23.7 Å². The van der Waals surface area contributed by atoms with Crippen LogP contribution in [0.2, 0.25) is 0 Å². The summed E-state index contributed by atoms with van der Waals surface area (Å²) in [5, 5.41) is 0. The Hall–Kier alpha value is -2.95. The van der Waals surface area contributed by atoms with Gasteiger partial charge in [-0.25, -0.2) is 0 Å². The molecule has 126 valence electrons. The quantitative estimate of drug-likeness (QED) is 0.458. The fourth-order valence-corrected chi connectivity index (χ4v) is 2.15. The van der Waals surface area contributed by atoms with Crippen LogP contribution in [0.15, 0.2) is 36.4 Å².